The number of anilines is 2. The summed E-state index contributed by atoms with van der Waals surface area (Å²) < 4.78 is 81.7. The van der Waals surface area contributed by atoms with Crippen LogP contribution in [0.5, 0.6) is 5.75 Å². The Hall–Kier alpha value is -4.57. The van der Waals surface area contributed by atoms with Crippen LogP contribution in [0.4, 0.5) is 38.5 Å². The topological polar surface area (TPSA) is 155 Å². The van der Waals surface area contributed by atoms with Crippen molar-refractivity contribution in [2.45, 2.75) is 24.6 Å². The molecule has 0 unspecified atom stereocenters. The van der Waals surface area contributed by atoms with Crippen molar-refractivity contribution in [2.24, 2.45) is 0 Å². The standard InChI is InChI=1S/C26H24ClF4N5O6S/c1-15-4-2-5-18(12-15)43(40,41)36-24(38)33-11-3-10-32-23(37)16-6-8-21(20(28)13-16)35-25(39)34-17-7-9-22(19(27)14-17)42-26(29,30)31/h2,4-9,12-14H,3,10-11H2,1H3,(H,32,37)(H2,33,36,38)(H2,34,35,39). The lowest BCUT2D eigenvalue weighted by molar-refractivity contribution is -0.274. The van der Waals surface area contributed by atoms with Crippen LogP contribution in [0.2, 0.25) is 5.02 Å². The predicted octanol–water partition coefficient (Wildman–Crippen LogP) is 5.14. The van der Waals surface area contributed by atoms with Gasteiger partial charge in [0.05, 0.1) is 15.6 Å². The third kappa shape index (κ3) is 10.3. The average Bonchev–Trinajstić information content (AvgIpc) is 2.90. The number of amides is 5. The normalized spacial score (nSPS) is 11.3. The summed E-state index contributed by atoms with van der Waals surface area (Å²) in [5.74, 6) is -2.29. The van der Waals surface area contributed by atoms with Gasteiger partial charge < -0.3 is 26.0 Å². The number of nitrogens with one attached hydrogen (secondary N) is 5. The zero-order chi connectivity index (χ0) is 31.8. The minimum absolute atomic E-state index is 0.00620. The molecule has 3 aromatic rings. The third-order valence-electron chi connectivity index (χ3n) is 5.35. The summed E-state index contributed by atoms with van der Waals surface area (Å²) in [6.07, 6.45) is -4.74. The van der Waals surface area contributed by atoms with Crippen molar-refractivity contribution < 1.29 is 45.1 Å². The van der Waals surface area contributed by atoms with E-state index in [9.17, 15) is 40.4 Å². The fourth-order valence-corrected chi connectivity index (χ4v) is 4.67. The number of halogens is 5. The molecule has 0 aromatic heterocycles. The van der Waals surface area contributed by atoms with Crippen molar-refractivity contribution in [3.63, 3.8) is 0 Å². The lowest BCUT2D eigenvalue weighted by Crippen LogP contribution is -2.40. The number of sulfonamides is 1. The zero-order valence-electron chi connectivity index (χ0n) is 22.1. The molecular weight excluding hydrogens is 622 g/mol. The van der Waals surface area contributed by atoms with Crippen LogP contribution in [0.15, 0.2) is 65.6 Å². The molecule has 0 fully saturated rings. The number of carbonyl (C=O) groups is 3. The van der Waals surface area contributed by atoms with Crippen LogP contribution in [0.25, 0.3) is 0 Å². The van der Waals surface area contributed by atoms with Crippen LogP contribution >= 0.6 is 11.6 Å². The molecule has 43 heavy (non-hydrogen) atoms. The molecular formula is C26H24ClF4N5O6S. The number of hydrogen-bond donors (Lipinski definition) is 5. The number of carbonyl (C=O) groups excluding carboxylic acids is 3. The Kier molecular flexibility index (Phi) is 10.8. The van der Waals surface area contributed by atoms with Crippen LogP contribution in [0, 0.1) is 12.7 Å². The van der Waals surface area contributed by atoms with E-state index in [-0.39, 0.29) is 41.3 Å². The van der Waals surface area contributed by atoms with Gasteiger partial charge in [0.2, 0.25) is 0 Å². The highest BCUT2D eigenvalue weighted by atomic mass is 35.5. The molecule has 0 aliphatic carbocycles. The van der Waals surface area contributed by atoms with E-state index in [1.807, 2.05) is 4.72 Å². The highest BCUT2D eigenvalue weighted by Crippen LogP contribution is 2.32. The van der Waals surface area contributed by atoms with E-state index in [4.69, 9.17) is 11.6 Å². The third-order valence-corrected chi connectivity index (χ3v) is 6.97. The van der Waals surface area contributed by atoms with Crippen LogP contribution in [-0.2, 0) is 10.0 Å². The van der Waals surface area contributed by atoms with Gasteiger partial charge in [-0.1, -0.05) is 23.7 Å². The van der Waals surface area contributed by atoms with E-state index in [0.717, 1.165) is 30.3 Å². The van der Waals surface area contributed by atoms with Crippen LogP contribution < -0.4 is 30.7 Å². The monoisotopic (exact) mass is 645 g/mol. The van der Waals surface area contributed by atoms with E-state index in [1.54, 1.807) is 19.1 Å². The summed E-state index contributed by atoms with van der Waals surface area (Å²) in [4.78, 5) is 36.4. The molecule has 0 bridgehead atoms. The first-order valence-corrected chi connectivity index (χ1v) is 14.1. The fourth-order valence-electron chi connectivity index (χ4n) is 3.42. The van der Waals surface area contributed by atoms with Gasteiger partial charge in [-0.25, -0.2) is 27.1 Å². The Labute approximate surface area is 248 Å². The Morgan fingerprint density at radius 2 is 1.63 bits per heavy atom. The Balaban J connectivity index is 1.43. The van der Waals surface area contributed by atoms with Gasteiger partial charge in [0, 0.05) is 24.3 Å². The van der Waals surface area contributed by atoms with Crippen molar-refractivity contribution in [2.75, 3.05) is 23.7 Å². The van der Waals surface area contributed by atoms with Crippen molar-refractivity contribution in [3.05, 3.63) is 82.6 Å². The Morgan fingerprint density at radius 1 is 0.907 bits per heavy atom. The van der Waals surface area contributed by atoms with Crippen LogP contribution in [-0.4, -0.2) is 45.8 Å². The fraction of sp³-hybridized carbons (Fsp3) is 0.192. The second-order valence-electron chi connectivity index (χ2n) is 8.75. The quantitative estimate of drug-likeness (QED) is 0.152. The van der Waals surface area contributed by atoms with Gasteiger partial charge in [-0.05, 0) is 67.4 Å². The van der Waals surface area contributed by atoms with Crippen LogP contribution in [0.3, 0.4) is 0 Å². The minimum atomic E-state index is -4.96. The molecule has 3 rings (SSSR count). The molecule has 17 heteroatoms. The predicted molar refractivity (Wildman–Crippen MR) is 149 cm³/mol. The summed E-state index contributed by atoms with van der Waals surface area (Å²) in [6, 6.07) is 10.3. The molecule has 0 saturated heterocycles. The van der Waals surface area contributed by atoms with Gasteiger partial charge in [-0.3, -0.25) is 4.79 Å². The first-order chi connectivity index (χ1) is 20.1. The van der Waals surface area contributed by atoms with Crippen LogP contribution in [0.1, 0.15) is 22.3 Å². The molecule has 0 aliphatic rings. The maximum absolute atomic E-state index is 14.5. The number of rotatable bonds is 10. The molecule has 3 aromatic carbocycles. The molecule has 0 atom stereocenters. The summed E-state index contributed by atoms with van der Waals surface area (Å²) >= 11 is 5.73. The number of urea groups is 2. The Morgan fingerprint density at radius 3 is 2.28 bits per heavy atom. The molecule has 11 nitrogen and oxygen atoms in total. The van der Waals surface area contributed by atoms with Gasteiger partial charge in [0.25, 0.3) is 15.9 Å². The van der Waals surface area contributed by atoms with Crippen molar-refractivity contribution >= 4 is 51.0 Å². The molecule has 0 heterocycles. The largest absolute Gasteiger partial charge is 0.573 e. The van der Waals surface area contributed by atoms with Gasteiger partial charge in [0.15, 0.2) is 0 Å². The lowest BCUT2D eigenvalue weighted by Gasteiger charge is -2.13. The summed E-state index contributed by atoms with van der Waals surface area (Å²) in [5, 5.41) is 8.91. The second-order valence-corrected chi connectivity index (χ2v) is 10.8. The van der Waals surface area contributed by atoms with E-state index in [1.165, 1.54) is 18.2 Å². The smallest absolute Gasteiger partial charge is 0.404 e. The zero-order valence-corrected chi connectivity index (χ0v) is 23.7. The second kappa shape index (κ2) is 14.1. The van der Waals surface area contributed by atoms with Gasteiger partial charge >= 0.3 is 18.4 Å². The van der Waals surface area contributed by atoms with Crippen molar-refractivity contribution in [3.8, 4) is 5.75 Å². The van der Waals surface area contributed by atoms with E-state index in [2.05, 4.69) is 26.0 Å². The molecule has 5 N–H and O–H groups in total. The summed E-state index contributed by atoms with van der Waals surface area (Å²) in [6.45, 7) is 1.78. The number of alkyl halides is 3. The van der Waals surface area contributed by atoms with Crippen molar-refractivity contribution in [1.29, 1.82) is 0 Å². The first-order valence-electron chi connectivity index (χ1n) is 12.2. The number of ether oxygens (including phenoxy) is 1. The van der Waals surface area contributed by atoms with Gasteiger partial charge in [-0.15, -0.1) is 13.2 Å². The van der Waals surface area contributed by atoms with Gasteiger partial charge in [0.1, 0.15) is 11.6 Å². The lowest BCUT2D eigenvalue weighted by atomic mass is 10.2. The van der Waals surface area contributed by atoms with E-state index in [0.29, 0.717) is 5.56 Å². The van der Waals surface area contributed by atoms with E-state index >= 15 is 0 Å². The maximum atomic E-state index is 14.5. The first kappa shape index (κ1) is 32.9. The highest BCUT2D eigenvalue weighted by Gasteiger charge is 2.32. The average molecular weight is 646 g/mol. The number of hydrogen-bond acceptors (Lipinski definition) is 6. The number of aryl methyl sites for hydroxylation is 1. The van der Waals surface area contributed by atoms with Crippen molar-refractivity contribution in [1.82, 2.24) is 15.4 Å². The van der Waals surface area contributed by atoms with Gasteiger partial charge in [-0.2, -0.15) is 0 Å². The molecule has 5 amide bonds. The minimum Gasteiger partial charge on any atom is -0.404 e. The molecule has 230 valence electrons. The number of benzene rings is 3. The molecule has 0 aliphatic heterocycles. The summed E-state index contributed by atoms with van der Waals surface area (Å²) in [7, 11) is -4.06. The molecule has 0 radical (unpaired) electrons. The Bertz CT molecular complexity index is 1620. The van der Waals surface area contributed by atoms with E-state index < -0.39 is 50.9 Å². The summed E-state index contributed by atoms with van der Waals surface area (Å²) in [5.41, 5.74) is 0.318. The molecule has 0 saturated carbocycles. The molecule has 0 spiro atoms. The maximum Gasteiger partial charge on any atom is 0.573 e. The SMILES string of the molecule is Cc1cccc(S(=O)(=O)NC(=O)NCCCNC(=O)c2ccc(NC(=O)Nc3ccc(OC(F)(F)F)c(Cl)c3)c(F)c2)c1. The highest BCUT2D eigenvalue weighted by molar-refractivity contribution is 7.90.